The number of benzene rings is 1. The van der Waals surface area contributed by atoms with E-state index in [0.29, 0.717) is 0 Å². The molecule has 4 N–H and O–H groups in total. The number of aliphatic carboxylic acids is 1. The van der Waals surface area contributed by atoms with Gasteiger partial charge >= 0.3 is 5.97 Å². The van der Waals surface area contributed by atoms with Crippen LogP contribution in [0.25, 0.3) is 11.0 Å². The van der Waals surface area contributed by atoms with E-state index in [4.69, 9.17) is 5.11 Å². The molecule has 5 nitrogen and oxygen atoms in total. The molecule has 0 aliphatic carbocycles. The maximum atomic E-state index is 9.24. The predicted molar refractivity (Wildman–Crippen MR) is 52.8 cm³/mol. The number of hydrogen-bond donors (Lipinski definition) is 3. The van der Waals surface area contributed by atoms with Crippen LogP contribution in [-0.4, -0.2) is 27.6 Å². The maximum Gasteiger partial charge on any atom is 0.317 e. The van der Waals surface area contributed by atoms with Crippen LogP contribution < -0.4 is 5.73 Å². The van der Waals surface area contributed by atoms with Gasteiger partial charge in [0.25, 0.3) is 0 Å². The molecule has 0 spiro atoms. The van der Waals surface area contributed by atoms with Crippen molar-refractivity contribution in [1.82, 2.24) is 9.97 Å². The predicted octanol–water partition coefficient (Wildman–Crippen LogP) is 0.590. The van der Waals surface area contributed by atoms with Gasteiger partial charge in [0.2, 0.25) is 0 Å². The van der Waals surface area contributed by atoms with Gasteiger partial charge in [0.05, 0.1) is 23.9 Å². The van der Waals surface area contributed by atoms with Crippen LogP contribution in [-0.2, 0) is 21.3 Å². The Kier molecular flexibility index (Phi) is 6.33. The number of aromatic nitrogens is 2. The van der Waals surface area contributed by atoms with E-state index in [-0.39, 0.29) is 23.0 Å². The van der Waals surface area contributed by atoms with Crippen molar-refractivity contribution in [2.24, 2.45) is 5.73 Å². The summed E-state index contributed by atoms with van der Waals surface area (Å²) in [5.41, 5.74) is 6.69. The molecular formula is C9H11N3NiO2. The molecule has 0 unspecified atom stereocenters. The van der Waals surface area contributed by atoms with E-state index in [1.807, 2.05) is 24.3 Å². The number of nitrogens with zero attached hydrogens (tertiary/aromatic N) is 1. The van der Waals surface area contributed by atoms with E-state index in [1.54, 1.807) is 6.33 Å². The zero-order valence-corrected chi connectivity index (χ0v) is 8.78. The third kappa shape index (κ3) is 4.58. The first-order chi connectivity index (χ1) is 6.74. The largest absolute Gasteiger partial charge is 0.480 e. The minimum Gasteiger partial charge on any atom is -0.480 e. The summed E-state index contributed by atoms with van der Waals surface area (Å²) in [6.07, 6.45) is 1.70. The van der Waals surface area contributed by atoms with Crippen LogP contribution in [0.4, 0.5) is 0 Å². The molecule has 2 rings (SSSR count). The number of carbonyl (C=O) groups is 1. The van der Waals surface area contributed by atoms with Gasteiger partial charge in [0.15, 0.2) is 0 Å². The molecule has 1 aromatic carbocycles. The molecule has 1 aromatic heterocycles. The molecule has 0 radical (unpaired) electrons. The number of nitrogens with two attached hydrogens (primary N) is 1. The fraction of sp³-hybridized carbons (Fsp3) is 0.111. The van der Waals surface area contributed by atoms with Crippen LogP contribution in [0.5, 0.6) is 0 Å². The molecule has 84 valence electrons. The fourth-order valence-corrected chi connectivity index (χ4v) is 0.880. The monoisotopic (exact) mass is 251 g/mol. The molecular weight excluding hydrogens is 241 g/mol. The summed E-state index contributed by atoms with van der Waals surface area (Å²) in [4.78, 5) is 16.3. The first kappa shape index (κ1) is 13.6. The summed E-state index contributed by atoms with van der Waals surface area (Å²) < 4.78 is 0. The van der Waals surface area contributed by atoms with Crippen molar-refractivity contribution in [2.75, 3.05) is 6.54 Å². The van der Waals surface area contributed by atoms with Gasteiger partial charge in [-0.15, -0.1) is 0 Å². The van der Waals surface area contributed by atoms with Gasteiger partial charge in [0.1, 0.15) is 0 Å². The molecule has 0 aliphatic heterocycles. The average molecular weight is 252 g/mol. The Hall–Kier alpha value is -1.39. The molecule has 2 aromatic rings. The number of fused-ring (bicyclic) bond motifs is 1. The van der Waals surface area contributed by atoms with Crippen molar-refractivity contribution in [1.29, 1.82) is 0 Å². The minimum atomic E-state index is -0.968. The van der Waals surface area contributed by atoms with Crippen LogP contribution in [0.15, 0.2) is 30.6 Å². The summed E-state index contributed by atoms with van der Waals surface area (Å²) in [7, 11) is 0. The van der Waals surface area contributed by atoms with Gasteiger partial charge in [-0.25, -0.2) is 4.98 Å². The maximum absolute atomic E-state index is 9.24. The molecule has 0 fully saturated rings. The average Bonchev–Trinajstić information content (AvgIpc) is 2.66. The summed E-state index contributed by atoms with van der Waals surface area (Å²) in [5.74, 6) is -0.968. The molecule has 0 saturated carbocycles. The molecule has 1 heterocycles. The SMILES string of the molecule is NCC(=O)O.[Ni].c1ccc2[nH]cnc2c1. The second-order valence-electron chi connectivity index (χ2n) is 2.52. The molecule has 0 atom stereocenters. The number of hydrogen-bond acceptors (Lipinski definition) is 3. The third-order valence-electron chi connectivity index (χ3n) is 1.50. The van der Waals surface area contributed by atoms with E-state index in [0.717, 1.165) is 11.0 Å². The standard InChI is InChI=1S/C7H6N2.C2H5NO2.Ni/c1-2-4-7-6(3-1)8-5-9-7;3-1-2(4)5;/h1-5H,(H,8,9);1,3H2,(H,4,5);. The van der Waals surface area contributed by atoms with Crippen molar-refractivity contribution >= 4 is 17.0 Å². The molecule has 15 heavy (non-hydrogen) atoms. The number of carboxylic acid groups (broad SMARTS) is 1. The second kappa shape index (κ2) is 6.98. The van der Waals surface area contributed by atoms with Crippen molar-refractivity contribution in [3.05, 3.63) is 30.6 Å². The summed E-state index contributed by atoms with van der Waals surface area (Å²) in [5, 5.41) is 7.60. The van der Waals surface area contributed by atoms with Crippen LogP contribution in [0.2, 0.25) is 0 Å². The number of para-hydroxylation sites is 2. The first-order valence-electron chi connectivity index (χ1n) is 4.04. The molecule has 6 heteroatoms. The number of carboxylic acids is 1. The van der Waals surface area contributed by atoms with Crippen molar-refractivity contribution in [3.63, 3.8) is 0 Å². The summed E-state index contributed by atoms with van der Waals surface area (Å²) in [6, 6.07) is 7.94. The normalized spacial score (nSPS) is 8.60. The zero-order chi connectivity index (χ0) is 10.4. The van der Waals surface area contributed by atoms with E-state index in [1.165, 1.54) is 0 Å². The molecule has 0 amide bonds. The number of imidazole rings is 1. The van der Waals surface area contributed by atoms with Crippen LogP contribution in [0, 0.1) is 0 Å². The van der Waals surface area contributed by atoms with Crippen molar-refractivity contribution in [3.8, 4) is 0 Å². The topological polar surface area (TPSA) is 92.0 Å². The second-order valence-corrected chi connectivity index (χ2v) is 2.52. The summed E-state index contributed by atoms with van der Waals surface area (Å²) >= 11 is 0. The first-order valence-corrected chi connectivity index (χ1v) is 4.04. The Bertz CT molecular complexity index is 386. The molecule has 0 saturated heterocycles. The Balaban J connectivity index is 0.000000289. The smallest absolute Gasteiger partial charge is 0.317 e. The Morgan fingerprint density at radius 3 is 2.60 bits per heavy atom. The Labute approximate surface area is 96.6 Å². The number of aromatic amines is 1. The number of H-pyrrole nitrogens is 1. The van der Waals surface area contributed by atoms with Gasteiger partial charge in [-0.2, -0.15) is 0 Å². The Morgan fingerprint density at radius 1 is 1.47 bits per heavy atom. The summed E-state index contributed by atoms with van der Waals surface area (Å²) in [6.45, 7) is -0.278. The van der Waals surface area contributed by atoms with Gasteiger partial charge < -0.3 is 15.8 Å². The number of nitrogens with one attached hydrogen (secondary N) is 1. The van der Waals surface area contributed by atoms with E-state index in [2.05, 4.69) is 15.7 Å². The molecule has 0 aliphatic rings. The van der Waals surface area contributed by atoms with E-state index >= 15 is 0 Å². The van der Waals surface area contributed by atoms with Crippen LogP contribution in [0.3, 0.4) is 0 Å². The van der Waals surface area contributed by atoms with Crippen molar-refractivity contribution in [2.45, 2.75) is 0 Å². The van der Waals surface area contributed by atoms with Crippen molar-refractivity contribution < 1.29 is 26.4 Å². The number of rotatable bonds is 1. The fourth-order valence-electron chi connectivity index (χ4n) is 0.880. The van der Waals surface area contributed by atoms with Gasteiger partial charge in [-0.05, 0) is 12.1 Å². The van der Waals surface area contributed by atoms with Crippen LogP contribution in [0.1, 0.15) is 0 Å². The zero-order valence-electron chi connectivity index (χ0n) is 7.79. The van der Waals surface area contributed by atoms with E-state index < -0.39 is 5.97 Å². The third-order valence-corrected chi connectivity index (χ3v) is 1.50. The van der Waals surface area contributed by atoms with Crippen LogP contribution >= 0.6 is 0 Å². The minimum absolute atomic E-state index is 0. The quantitative estimate of drug-likeness (QED) is 0.647. The van der Waals surface area contributed by atoms with E-state index in [9.17, 15) is 4.79 Å². The Morgan fingerprint density at radius 2 is 2.07 bits per heavy atom. The van der Waals surface area contributed by atoms with Gasteiger partial charge in [0, 0.05) is 16.5 Å². The van der Waals surface area contributed by atoms with Gasteiger partial charge in [-0.3, -0.25) is 4.79 Å². The molecule has 0 bridgehead atoms. The van der Waals surface area contributed by atoms with Gasteiger partial charge in [-0.1, -0.05) is 12.1 Å².